The molecule has 1 amide bonds. The van der Waals surface area contributed by atoms with Gasteiger partial charge in [0.2, 0.25) is 0 Å². The lowest BCUT2D eigenvalue weighted by atomic mass is 10.2. The number of hydrogen-bond acceptors (Lipinski definition) is 3. The molecule has 0 spiro atoms. The third-order valence-electron chi connectivity index (χ3n) is 2.15. The SMILES string of the molecule is C=CCOC(=O)N1CCCC1CO. The molecule has 1 aliphatic rings. The fourth-order valence-electron chi connectivity index (χ4n) is 1.48. The van der Waals surface area contributed by atoms with E-state index in [2.05, 4.69) is 6.58 Å². The van der Waals surface area contributed by atoms with E-state index in [1.807, 2.05) is 0 Å². The van der Waals surface area contributed by atoms with E-state index in [1.165, 1.54) is 6.08 Å². The molecule has 0 saturated carbocycles. The van der Waals surface area contributed by atoms with Crippen LogP contribution >= 0.6 is 0 Å². The number of aliphatic hydroxyl groups is 1. The van der Waals surface area contributed by atoms with Gasteiger partial charge < -0.3 is 14.7 Å². The standard InChI is InChI=1S/C9H15NO3/c1-2-6-13-9(12)10-5-3-4-8(10)7-11/h2,8,11H,1,3-7H2. The lowest BCUT2D eigenvalue weighted by molar-refractivity contribution is 0.0926. The molecule has 0 aromatic carbocycles. The van der Waals surface area contributed by atoms with Gasteiger partial charge in [-0.25, -0.2) is 4.79 Å². The van der Waals surface area contributed by atoms with Gasteiger partial charge in [0.15, 0.2) is 0 Å². The first-order valence-electron chi connectivity index (χ1n) is 4.44. The van der Waals surface area contributed by atoms with Gasteiger partial charge in [0.1, 0.15) is 6.61 Å². The number of hydrogen-bond donors (Lipinski definition) is 1. The lowest BCUT2D eigenvalue weighted by Crippen LogP contribution is -2.38. The Hall–Kier alpha value is -1.03. The van der Waals surface area contributed by atoms with Crippen molar-refractivity contribution in [2.24, 2.45) is 0 Å². The van der Waals surface area contributed by atoms with Crippen LogP contribution in [0.15, 0.2) is 12.7 Å². The van der Waals surface area contributed by atoms with E-state index < -0.39 is 0 Å². The maximum atomic E-state index is 11.3. The molecule has 0 aromatic rings. The van der Waals surface area contributed by atoms with Crippen molar-refractivity contribution >= 4 is 6.09 Å². The second-order valence-corrected chi connectivity index (χ2v) is 3.04. The molecule has 0 bridgehead atoms. The van der Waals surface area contributed by atoms with Crippen LogP contribution < -0.4 is 0 Å². The molecule has 0 radical (unpaired) electrons. The van der Waals surface area contributed by atoms with Gasteiger partial charge in [-0.15, -0.1) is 0 Å². The summed E-state index contributed by atoms with van der Waals surface area (Å²) in [6, 6.07) is -0.0580. The smallest absolute Gasteiger partial charge is 0.410 e. The van der Waals surface area contributed by atoms with Gasteiger partial charge in [0.25, 0.3) is 0 Å². The van der Waals surface area contributed by atoms with Crippen LogP contribution in [-0.4, -0.2) is 41.9 Å². The Morgan fingerprint density at radius 2 is 2.54 bits per heavy atom. The van der Waals surface area contributed by atoms with E-state index in [4.69, 9.17) is 9.84 Å². The molecule has 1 atom stereocenters. The van der Waals surface area contributed by atoms with Crippen LogP contribution in [0.5, 0.6) is 0 Å². The second kappa shape index (κ2) is 4.87. The van der Waals surface area contributed by atoms with Crippen LogP contribution in [0.25, 0.3) is 0 Å². The first kappa shape index (κ1) is 10.1. The molecular formula is C9H15NO3. The van der Waals surface area contributed by atoms with E-state index in [0.29, 0.717) is 6.54 Å². The zero-order valence-corrected chi connectivity index (χ0v) is 7.61. The van der Waals surface area contributed by atoms with Gasteiger partial charge in [-0.05, 0) is 12.8 Å². The molecule has 74 valence electrons. The van der Waals surface area contributed by atoms with E-state index >= 15 is 0 Å². The minimum atomic E-state index is -0.351. The van der Waals surface area contributed by atoms with Gasteiger partial charge in [-0.1, -0.05) is 12.7 Å². The zero-order valence-electron chi connectivity index (χ0n) is 7.61. The van der Waals surface area contributed by atoms with Gasteiger partial charge in [-0.3, -0.25) is 0 Å². The van der Waals surface area contributed by atoms with Crippen molar-refractivity contribution in [3.05, 3.63) is 12.7 Å². The van der Waals surface area contributed by atoms with Crippen LogP contribution in [0.2, 0.25) is 0 Å². The summed E-state index contributed by atoms with van der Waals surface area (Å²) in [6.45, 7) is 4.38. The Bertz CT molecular complexity index is 193. The van der Waals surface area contributed by atoms with Crippen molar-refractivity contribution < 1.29 is 14.6 Å². The highest BCUT2D eigenvalue weighted by Crippen LogP contribution is 2.17. The van der Waals surface area contributed by atoms with Crippen LogP contribution in [0.3, 0.4) is 0 Å². The van der Waals surface area contributed by atoms with Crippen molar-refractivity contribution in [3.8, 4) is 0 Å². The number of carbonyl (C=O) groups is 1. The summed E-state index contributed by atoms with van der Waals surface area (Å²) in [7, 11) is 0. The third-order valence-corrected chi connectivity index (χ3v) is 2.15. The number of likely N-dealkylation sites (tertiary alicyclic amines) is 1. The first-order chi connectivity index (χ1) is 6.29. The number of aliphatic hydroxyl groups excluding tert-OH is 1. The number of rotatable bonds is 3. The Kier molecular flexibility index (Phi) is 3.76. The summed E-state index contributed by atoms with van der Waals surface area (Å²) < 4.78 is 4.86. The van der Waals surface area contributed by atoms with Crippen LogP contribution in [-0.2, 0) is 4.74 Å². The predicted octanol–water partition coefficient (Wildman–Crippen LogP) is 0.766. The van der Waals surface area contributed by atoms with Gasteiger partial charge >= 0.3 is 6.09 Å². The molecular weight excluding hydrogens is 170 g/mol. The molecule has 1 aliphatic heterocycles. The molecule has 1 unspecified atom stereocenters. The largest absolute Gasteiger partial charge is 0.445 e. The fraction of sp³-hybridized carbons (Fsp3) is 0.667. The normalized spacial score (nSPS) is 21.6. The van der Waals surface area contributed by atoms with Crippen molar-refractivity contribution in [2.45, 2.75) is 18.9 Å². The Balaban J connectivity index is 2.40. The molecule has 1 N–H and O–H groups in total. The van der Waals surface area contributed by atoms with E-state index in [1.54, 1.807) is 4.90 Å². The minimum absolute atomic E-state index is 0.0171. The van der Waals surface area contributed by atoms with Gasteiger partial charge in [-0.2, -0.15) is 0 Å². The quantitative estimate of drug-likeness (QED) is 0.660. The first-order valence-corrected chi connectivity index (χ1v) is 4.44. The Labute approximate surface area is 77.8 Å². The van der Waals surface area contributed by atoms with Crippen molar-refractivity contribution in [3.63, 3.8) is 0 Å². The summed E-state index contributed by atoms with van der Waals surface area (Å²) in [6.07, 6.45) is 2.98. The highest BCUT2D eigenvalue weighted by atomic mass is 16.6. The molecule has 4 heteroatoms. The number of carbonyl (C=O) groups excluding carboxylic acids is 1. The molecule has 1 rings (SSSR count). The van der Waals surface area contributed by atoms with Crippen LogP contribution in [0.4, 0.5) is 4.79 Å². The third kappa shape index (κ3) is 2.45. The molecule has 1 saturated heterocycles. The van der Waals surface area contributed by atoms with E-state index in [-0.39, 0.29) is 25.3 Å². The summed E-state index contributed by atoms with van der Waals surface area (Å²) in [5.74, 6) is 0. The van der Waals surface area contributed by atoms with Gasteiger partial charge in [0, 0.05) is 6.54 Å². The highest BCUT2D eigenvalue weighted by Gasteiger charge is 2.28. The highest BCUT2D eigenvalue weighted by molar-refractivity contribution is 5.68. The number of amides is 1. The fourth-order valence-corrected chi connectivity index (χ4v) is 1.48. The number of nitrogens with zero attached hydrogens (tertiary/aromatic N) is 1. The Morgan fingerprint density at radius 3 is 3.15 bits per heavy atom. The van der Waals surface area contributed by atoms with Crippen molar-refractivity contribution in [1.29, 1.82) is 0 Å². The maximum absolute atomic E-state index is 11.3. The summed E-state index contributed by atoms with van der Waals surface area (Å²) >= 11 is 0. The maximum Gasteiger partial charge on any atom is 0.410 e. The Morgan fingerprint density at radius 1 is 1.77 bits per heavy atom. The zero-order chi connectivity index (χ0) is 9.68. The minimum Gasteiger partial charge on any atom is -0.445 e. The van der Waals surface area contributed by atoms with Crippen molar-refractivity contribution in [1.82, 2.24) is 4.90 Å². The van der Waals surface area contributed by atoms with E-state index in [9.17, 15) is 4.79 Å². The second-order valence-electron chi connectivity index (χ2n) is 3.04. The number of ether oxygens (including phenoxy) is 1. The summed E-state index contributed by atoms with van der Waals surface area (Å²) in [5.41, 5.74) is 0. The molecule has 1 heterocycles. The molecule has 0 aromatic heterocycles. The molecule has 13 heavy (non-hydrogen) atoms. The summed E-state index contributed by atoms with van der Waals surface area (Å²) in [5, 5.41) is 8.94. The van der Waals surface area contributed by atoms with Crippen molar-refractivity contribution in [2.75, 3.05) is 19.8 Å². The predicted molar refractivity (Wildman–Crippen MR) is 48.4 cm³/mol. The summed E-state index contributed by atoms with van der Waals surface area (Å²) in [4.78, 5) is 12.9. The molecule has 0 aliphatic carbocycles. The molecule has 1 fully saturated rings. The monoisotopic (exact) mass is 185 g/mol. The van der Waals surface area contributed by atoms with Gasteiger partial charge in [0.05, 0.1) is 12.6 Å². The topological polar surface area (TPSA) is 49.8 Å². The van der Waals surface area contributed by atoms with Crippen LogP contribution in [0, 0.1) is 0 Å². The average molecular weight is 185 g/mol. The van der Waals surface area contributed by atoms with E-state index in [0.717, 1.165) is 12.8 Å². The molecule has 4 nitrogen and oxygen atoms in total. The average Bonchev–Trinajstić information content (AvgIpc) is 2.61. The lowest BCUT2D eigenvalue weighted by Gasteiger charge is -2.21. The van der Waals surface area contributed by atoms with Crippen LogP contribution in [0.1, 0.15) is 12.8 Å².